The number of nitrogens with one attached hydrogen (secondary N) is 1. The van der Waals surface area contributed by atoms with Crippen LogP contribution < -0.4 is 5.32 Å². The summed E-state index contributed by atoms with van der Waals surface area (Å²) < 4.78 is 11.7. The maximum absolute atomic E-state index is 12.8. The third-order valence-corrected chi connectivity index (χ3v) is 9.32. The number of aliphatic hydroxyl groups is 2. The Morgan fingerprint density at radius 3 is 2.26 bits per heavy atom. The fourth-order valence-electron chi connectivity index (χ4n) is 4.72. The molecule has 0 saturated heterocycles. The Kier molecular flexibility index (Phi) is 15.7. The molecule has 0 radical (unpaired) electrons. The normalized spacial score (nSPS) is 17.8. The summed E-state index contributed by atoms with van der Waals surface area (Å²) in [5.74, 6) is -0.00937. The quantitative estimate of drug-likeness (QED) is 0.106. The van der Waals surface area contributed by atoms with Gasteiger partial charge < -0.3 is 25.0 Å². The highest BCUT2D eigenvalue weighted by molar-refractivity contribution is 6.78. The summed E-state index contributed by atoms with van der Waals surface area (Å²) in [6.07, 6.45) is 10.9. The summed E-state index contributed by atoms with van der Waals surface area (Å²) in [6, 6.07) is 10.1. The molecule has 6 nitrogen and oxygen atoms in total. The molecule has 0 fully saturated rings. The van der Waals surface area contributed by atoms with Gasteiger partial charge in [-0.05, 0) is 37.3 Å². The molecule has 1 aromatic carbocycles. The lowest BCUT2D eigenvalue weighted by molar-refractivity contribution is -0.117. The zero-order valence-electron chi connectivity index (χ0n) is 24.7. The number of aliphatic hydroxyl groups excluding tert-OH is 2. The number of amides is 1. The van der Waals surface area contributed by atoms with E-state index in [1.807, 2.05) is 31.2 Å². The fraction of sp³-hybridized carbons (Fsp3) is 0.581. The van der Waals surface area contributed by atoms with Crippen molar-refractivity contribution < 1.29 is 24.5 Å². The number of carbonyl (C=O) groups is 1. The van der Waals surface area contributed by atoms with Crippen LogP contribution in [-0.2, 0) is 14.3 Å². The van der Waals surface area contributed by atoms with Crippen LogP contribution in [0.15, 0.2) is 60.2 Å². The standard InChI is InChI=1S/C31H51NO5Si/c1-23(22-29(35)32-31(38(6,7)8)27(34)16-12-13-21-33)17-18-24(2)30(37-5)25(3)28(36-4)20-19-26-14-10-9-11-15-26/h9-11,14-15,17-20,22,24-25,27-28,30-31,33-34H,12-13,16,21H2,1-8H3,(H,32,35)/b18-17+,20-19+,23-22+/t24-,25+,27?,28-,30-,31?/m0/s1. The smallest absolute Gasteiger partial charge is 0.244 e. The predicted molar refractivity (Wildman–Crippen MR) is 161 cm³/mol. The first-order valence-corrected chi connectivity index (χ1v) is 17.3. The van der Waals surface area contributed by atoms with Crippen molar-refractivity contribution in [3.63, 3.8) is 0 Å². The Balaban J connectivity index is 2.85. The van der Waals surface area contributed by atoms with E-state index >= 15 is 0 Å². The van der Waals surface area contributed by atoms with Crippen LogP contribution in [0.2, 0.25) is 19.6 Å². The second kappa shape index (κ2) is 17.5. The van der Waals surface area contributed by atoms with Crippen molar-refractivity contribution in [1.82, 2.24) is 5.32 Å². The van der Waals surface area contributed by atoms with Gasteiger partial charge in [0.2, 0.25) is 5.91 Å². The molecule has 6 atom stereocenters. The molecule has 7 heteroatoms. The number of carbonyl (C=O) groups excluding carboxylic acids is 1. The van der Waals surface area contributed by atoms with Gasteiger partial charge in [-0.2, -0.15) is 0 Å². The second-order valence-electron chi connectivity index (χ2n) is 11.3. The van der Waals surface area contributed by atoms with E-state index in [0.717, 1.165) is 17.6 Å². The molecule has 1 amide bonds. The van der Waals surface area contributed by atoms with Crippen molar-refractivity contribution in [2.45, 2.75) is 83.7 Å². The van der Waals surface area contributed by atoms with Crippen molar-refractivity contribution in [2.24, 2.45) is 11.8 Å². The Bertz CT molecular complexity index is 893. The van der Waals surface area contributed by atoms with Crippen LogP contribution in [0, 0.1) is 11.8 Å². The van der Waals surface area contributed by atoms with Crippen molar-refractivity contribution in [3.05, 3.63) is 65.8 Å². The summed E-state index contributed by atoms with van der Waals surface area (Å²) in [4.78, 5) is 12.8. The van der Waals surface area contributed by atoms with Gasteiger partial charge >= 0.3 is 0 Å². The molecule has 0 aromatic heterocycles. The molecule has 0 spiro atoms. The van der Waals surface area contributed by atoms with Crippen molar-refractivity contribution in [2.75, 3.05) is 20.8 Å². The van der Waals surface area contributed by atoms with Crippen LogP contribution in [0.4, 0.5) is 0 Å². The molecule has 0 bridgehead atoms. The Labute approximate surface area is 231 Å². The average Bonchev–Trinajstić information content (AvgIpc) is 2.87. The number of allylic oxidation sites excluding steroid dienone is 2. The molecule has 0 saturated carbocycles. The van der Waals surface area contributed by atoms with E-state index < -0.39 is 14.2 Å². The molecule has 0 aliphatic carbocycles. The number of benzene rings is 1. The molecule has 2 unspecified atom stereocenters. The van der Waals surface area contributed by atoms with E-state index in [1.165, 1.54) is 0 Å². The summed E-state index contributed by atoms with van der Waals surface area (Å²) >= 11 is 0. The van der Waals surface area contributed by atoms with E-state index in [2.05, 4.69) is 69.2 Å². The average molecular weight is 546 g/mol. The molecule has 1 rings (SSSR count). The number of unbranched alkanes of at least 4 members (excludes halogenated alkanes) is 1. The highest BCUT2D eigenvalue weighted by atomic mass is 28.3. The molecule has 3 N–H and O–H groups in total. The van der Waals surface area contributed by atoms with Gasteiger partial charge in [0.05, 0.1) is 26.4 Å². The van der Waals surface area contributed by atoms with Crippen LogP contribution in [-0.4, -0.2) is 69.0 Å². The highest BCUT2D eigenvalue weighted by Crippen LogP contribution is 2.24. The molecule has 0 heterocycles. The molecular weight excluding hydrogens is 494 g/mol. The van der Waals surface area contributed by atoms with Gasteiger partial charge in [-0.1, -0.05) is 88.1 Å². The predicted octanol–water partition coefficient (Wildman–Crippen LogP) is 5.39. The molecule has 1 aromatic rings. The molecular formula is C31H51NO5Si. The topological polar surface area (TPSA) is 88.0 Å². The van der Waals surface area contributed by atoms with Gasteiger partial charge in [-0.25, -0.2) is 0 Å². The third kappa shape index (κ3) is 12.2. The SMILES string of the molecule is CO[C@H]([C@H](C)[C@H](/C=C/c1ccccc1)OC)[C@@H](C)/C=C/C(C)=C/C(=O)NC(C(O)CCCCO)[Si](C)(C)C. The van der Waals surface area contributed by atoms with Crippen LogP contribution >= 0.6 is 0 Å². The third-order valence-electron chi connectivity index (χ3n) is 6.92. The van der Waals surface area contributed by atoms with Crippen molar-refractivity contribution in [1.29, 1.82) is 0 Å². The number of ether oxygens (including phenoxy) is 2. The number of hydrogen-bond donors (Lipinski definition) is 3. The first-order chi connectivity index (χ1) is 17.9. The minimum Gasteiger partial charge on any atom is -0.396 e. The first kappa shape index (κ1) is 34.0. The van der Waals surface area contributed by atoms with E-state index in [1.54, 1.807) is 20.3 Å². The van der Waals surface area contributed by atoms with E-state index in [9.17, 15) is 9.90 Å². The van der Waals surface area contributed by atoms with E-state index in [0.29, 0.717) is 12.8 Å². The Morgan fingerprint density at radius 1 is 1.05 bits per heavy atom. The molecule has 0 aliphatic heterocycles. The van der Waals surface area contributed by atoms with Gasteiger partial charge in [0.25, 0.3) is 0 Å². The lowest BCUT2D eigenvalue weighted by Crippen LogP contribution is -2.57. The Morgan fingerprint density at radius 2 is 1.71 bits per heavy atom. The zero-order valence-corrected chi connectivity index (χ0v) is 25.7. The minimum absolute atomic E-state index is 0.0800. The molecule has 38 heavy (non-hydrogen) atoms. The monoisotopic (exact) mass is 545 g/mol. The number of rotatable bonds is 17. The van der Waals surface area contributed by atoms with Crippen LogP contribution in [0.25, 0.3) is 6.08 Å². The van der Waals surface area contributed by atoms with Crippen LogP contribution in [0.1, 0.15) is 45.6 Å². The summed E-state index contributed by atoms with van der Waals surface area (Å²) in [5, 5.41) is 22.8. The summed E-state index contributed by atoms with van der Waals surface area (Å²) in [7, 11) is 1.57. The number of methoxy groups -OCH3 is 2. The highest BCUT2D eigenvalue weighted by Gasteiger charge is 2.33. The van der Waals surface area contributed by atoms with Gasteiger partial charge in [0.15, 0.2) is 0 Å². The van der Waals surface area contributed by atoms with E-state index in [4.69, 9.17) is 14.6 Å². The van der Waals surface area contributed by atoms with Crippen LogP contribution in [0.3, 0.4) is 0 Å². The lowest BCUT2D eigenvalue weighted by atomic mass is 9.88. The second-order valence-corrected chi connectivity index (χ2v) is 16.6. The maximum Gasteiger partial charge on any atom is 0.244 e. The maximum atomic E-state index is 12.8. The van der Waals surface area contributed by atoms with Gasteiger partial charge in [-0.3, -0.25) is 4.79 Å². The number of hydrogen-bond acceptors (Lipinski definition) is 5. The summed E-state index contributed by atoms with van der Waals surface area (Å²) in [5.41, 5.74) is 1.69. The Hall–Kier alpha value is -2.03. The van der Waals surface area contributed by atoms with E-state index in [-0.39, 0.29) is 42.2 Å². The van der Waals surface area contributed by atoms with Crippen LogP contribution in [0.5, 0.6) is 0 Å². The summed E-state index contributed by atoms with van der Waals surface area (Å²) in [6.45, 7) is 12.7. The van der Waals surface area contributed by atoms with Gasteiger partial charge in [0.1, 0.15) is 0 Å². The lowest BCUT2D eigenvalue weighted by Gasteiger charge is -2.33. The van der Waals surface area contributed by atoms with Gasteiger partial charge in [-0.15, -0.1) is 0 Å². The fourth-order valence-corrected chi connectivity index (χ4v) is 6.61. The van der Waals surface area contributed by atoms with Crippen molar-refractivity contribution in [3.8, 4) is 0 Å². The van der Waals surface area contributed by atoms with Crippen molar-refractivity contribution >= 4 is 20.1 Å². The molecule has 214 valence electrons. The molecule has 0 aliphatic rings. The first-order valence-electron chi connectivity index (χ1n) is 13.7. The minimum atomic E-state index is -1.86. The zero-order chi connectivity index (χ0) is 28.7. The van der Waals surface area contributed by atoms with Gasteiger partial charge in [0, 0.05) is 44.4 Å². The largest absolute Gasteiger partial charge is 0.396 e.